The quantitative estimate of drug-likeness (QED) is 0.750. The van der Waals surface area contributed by atoms with E-state index >= 15 is 0 Å². The Hall–Kier alpha value is -1.89. The third-order valence-corrected chi connectivity index (χ3v) is 2.99. The van der Waals surface area contributed by atoms with Gasteiger partial charge in [-0.1, -0.05) is 29.8 Å². The molecule has 2 rings (SSSR count). The van der Waals surface area contributed by atoms with Crippen molar-refractivity contribution >= 4 is 35.8 Å². The average Bonchev–Trinajstić information content (AvgIpc) is 2.40. The number of amides is 1. The minimum atomic E-state index is -1.72. The van der Waals surface area contributed by atoms with Crippen LogP contribution in [0.5, 0.6) is 0 Å². The Bertz CT molecular complexity index is 651. The van der Waals surface area contributed by atoms with Gasteiger partial charge in [-0.15, -0.1) is 0 Å². The summed E-state index contributed by atoms with van der Waals surface area (Å²) in [5.74, 6) is -1.09. The first-order valence-corrected chi connectivity index (χ1v) is 6.08. The van der Waals surface area contributed by atoms with Crippen LogP contribution < -0.4 is 10.8 Å². The van der Waals surface area contributed by atoms with Gasteiger partial charge in [0, 0.05) is 16.0 Å². The highest BCUT2D eigenvalue weighted by molar-refractivity contribution is 6.62. The summed E-state index contributed by atoms with van der Waals surface area (Å²) in [5.41, 5.74) is 0.330. The molecule has 0 unspecified atom stereocenters. The predicted molar refractivity (Wildman–Crippen MR) is 75.6 cm³/mol. The Kier molecular flexibility index (Phi) is 4.39. The minimum absolute atomic E-state index is 0.0428. The van der Waals surface area contributed by atoms with Crippen molar-refractivity contribution in [1.29, 1.82) is 0 Å². The van der Waals surface area contributed by atoms with Gasteiger partial charge in [-0.2, -0.15) is 0 Å². The minimum Gasteiger partial charge on any atom is -0.423 e. The van der Waals surface area contributed by atoms with Crippen molar-refractivity contribution in [3.05, 3.63) is 58.9 Å². The molecule has 0 saturated carbocycles. The first-order chi connectivity index (χ1) is 9.49. The summed E-state index contributed by atoms with van der Waals surface area (Å²) in [6.07, 6.45) is 0. The number of nitrogens with one attached hydrogen (secondary N) is 1. The molecule has 0 radical (unpaired) electrons. The number of rotatable bonds is 3. The largest absolute Gasteiger partial charge is 0.489 e. The third kappa shape index (κ3) is 3.16. The lowest BCUT2D eigenvalue weighted by Crippen LogP contribution is -2.31. The number of halogens is 2. The molecular weight excluding hydrogens is 283 g/mol. The van der Waals surface area contributed by atoms with Crippen LogP contribution in [0.4, 0.5) is 10.1 Å². The molecule has 0 heterocycles. The van der Waals surface area contributed by atoms with Gasteiger partial charge in [0.1, 0.15) is 5.82 Å². The van der Waals surface area contributed by atoms with Gasteiger partial charge in [0.2, 0.25) is 0 Å². The SMILES string of the molecule is O=C(Nc1ccccc1F)c1ccc(B(O)O)c(Cl)c1. The second-order valence-corrected chi connectivity index (χ2v) is 4.45. The first-order valence-electron chi connectivity index (χ1n) is 5.70. The van der Waals surface area contributed by atoms with E-state index in [1.54, 1.807) is 6.07 Å². The lowest BCUT2D eigenvalue weighted by molar-refractivity contribution is 0.102. The van der Waals surface area contributed by atoms with E-state index in [-0.39, 0.29) is 21.7 Å². The first kappa shape index (κ1) is 14.5. The summed E-state index contributed by atoms with van der Waals surface area (Å²) >= 11 is 5.83. The van der Waals surface area contributed by atoms with Gasteiger partial charge < -0.3 is 15.4 Å². The lowest BCUT2D eigenvalue weighted by Gasteiger charge is -2.08. The molecule has 2 aromatic rings. The summed E-state index contributed by atoms with van der Waals surface area (Å²) in [6.45, 7) is 0. The Balaban J connectivity index is 2.22. The van der Waals surface area contributed by atoms with Gasteiger partial charge in [-0.3, -0.25) is 4.79 Å². The van der Waals surface area contributed by atoms with E-state index in [2.05, 4.69) is 5.32 Å². The molecule has 0 aliphatic rings. The Morgan fingerprint density at radius 3 is 2.50 bits per heavy atom. The van der Waals surface area contributed by atoms with Crippen LogP contribution in [0.2, 0.25) is 5.02 Å². The number of carbonyl (C=O) groups is 1. The number of benzene rings is 2. The maximum atomic E-state index is 13.4. The van der Waals surface area contributed by atoms with Crippen molar-refractivity contribution in [1.82, 2.24) is 0 Å². The van der Waals surface area contributed by atoms with E-state index in [1.165, 1.54) is 36.4 Å². The molecule has 1 amide bonds. The van der Waals surface area contributed by atoms with Crippen molar-refractivity contribution in [2.24, 2.45) is 0 Å². The van der Waals surface area contributed by atoms with Crippen molar-refractivity contribution in [2.45, 2.75) is 0 Å². The molecule has 0 aliphatic carbocycles. The van der Waals surface area contributed by atoms with Crippen LogP contribution in [-0.4, -0.2) is 23.1 Å². The number of anilines is 1. The molecule has 4 nitrogen and oxygen atoms in total. The van der Waals surface area contributed by atoms with Gasteiger partial charge >= 0.3 is 7.12 Å². The molecule has 0 aliphatic heterocycles. The second kappa shape index (κ2) is 6.05. The van der Waals surface area contributed by atoms with Crippen LogP contribution in [0.25, 0.3) is 0 Å². The highest BCUT2D eigenvalue weighted by Gasteiger charge is 2.17. The zero-order valence-corrected chi connectivity index (χ0v) is 10.9. The summed E-state index contributed by atoms with van der Waals surface area (Å²) in [6, 6.07) is 9.75. The smallest absolute Gasteiger partial charge is 0.423 e. The fourth-order valence-corrected chi connectivity index (χ4v) is 1.91. The molecule has 102 valence electrons. The number of hydrogen-bond donors (Lipinski definition) is 3. The Labute approximate surface area is 120 Å². The maximum Gasteiger partial charge on any atom is 0.489 e. The monoisotopic (exact) mass is 293 g/mol. The standard InChI is InChI=1S/C13H10BClFNO3/c15-10-7-8(5-6-9(10)14(19)20)13(18)17-12-4-2-1-3-11(12)16/h1-7,19-20H,(H,17,18). The van der Waals surface area contributed by atoms with Gasteiger partial charge in [-0.25, -0.2) is 4.39 Å². The average molecular weight is 293 g/mol. The fraction of sp³-hybridized carbons (Fsp3) is 0. The molecule has 7 heteroatoms. The van der Waals surface area contributed by atoms with E-state index in [4.69, 9.17) is 21.6 Å². The Morgan fingerprint density at radius 1 is 1.20 bits per heavy atom. The Morgan fingerprint density at radius 2 is 1.90 bits per heavy atom. The molecule has 2 aromatic carbocycles. The molecule has 20 heavy (non-hydrogen) atoms. The number of para-hydroxylation sites is 1. The van der Waals surface area contributed by atoms with Crippen molar-refractivity contribution in [3.8, 4) is 0 Å². The van der Waals surface area contributed by atoms with Crippen molar-refractivity contribution < 1.29 is 19.2 Å². The molecule has 0 aromatic heterocycles. The normalized spacial score (nSPS) is 10.2. The van der Waals surface area contributed by atoms with Gasteiger partial charge in [0.25, 0.3) is 5.91 Å². The summed E-state index contributed by atoms with van der Waals surface area (Å²) in [5, 5.41) is 20.5. The van der Waals surface area contributed by atoms with E-state index < -0.39 is 18.8 Å². The van der Waals surface area contributed by atoms with Crippen LogP contribution in [0.1, 0.15) is 10.4 Å². The molecule has 0 atom stereocenters. The maximum absolute atomic E-state index is 13.4. The molecule has 0 fully saturated rings. The second-order valence-electron chi connectivity index (χ2n) is 4.04. The predicted octanol–water partition coefficient (Wildman–Crippen LogP) is 1.41. The highest BCUT2D eigenvalue weighted by atomic mass is 35.5. The van der Waals surface area contributed by atoms with E-state index in [0.29, 0.717) is 0 Å². The fourth-order valence-electron chi connectivity index (χ4n) is 1.63. The van der Waals surface area contributed by atoms with Crippen LogP contribution in [-0.2, 0) is 0 Å². The molecule has 0 bridgehead atoms. The van der Waals surface area contributed by atoms with Crippen LogP contribution in [0, 0.1) is 5.82 Å². The van der Waals surface area contributed by atoms with E-state index in [1.807, 2.05) is 0 Å². The van der Waals surface area contributed by atoms with Gasteiger partial charge in [0.05, 0.1) is 5.69 Å². The van der Waals surface area contributed by atoms with Crippen LogP contribution >= 0.6 is 11.6 Å². The van der Waals surface area contributed by atoms with Crippen LogP contribution in [0.15, 0.2) is 42.5 Å². The summed E-state index contributed by atoms with van der Waals surface area (Å²) < 4.78 is 13.4. The summed E-state index contributed by atoms with van der Waals surface area (Å²) in [4.78, 5) is 11.9. The molecule has 3 N–H and O–H groups in total. The van der Waals surface area contributed by atoms with Gasteiger partial charge in [0.15, 0.2) is 0 Å². The zero-order chi connectivity index (χ0) is 14.7. The van der Waals surface area contributed by atoms with E-state index in [9.17, 15) is 9.18 Å². The molecule has 0 spiro atoms. The van der Waals surface area contributed by atoms with Crippen molar-refractivity contribution in [3.63, 3.8) is 0 Å². The number of hydrogen-bond acceptors (Lipinski definition) is 3. The highest BCUT2D eigenvalue weighted by Crippen LogP contribution is 2.15. The zero-order valence-electron chi connectivity index (χ0n) is 10.2. The molecule has 0 saturated heterocycles. The van der Waals surface area contributed by atoms with E-state index in [0.717, 1.165) is 0 Å². The third-order valence-electron chi connectivity index (χ3n) is 2.66. The topological polar surface area (TPSA) is 69.6 Å². The number of carbonyl (C=O) groups excluding carboxylic acids is 1. The molecular formula is C13H10BClFNO3. The summed E-state index contributed by atoms with van der Waals surface area (Å²) in [7, 11) is -1.72. The van der Waals surface area contributed by atoms with Crippen molar-refractivity contribution in [2.75, 3.05) is 5.32 Å². The lowest BCUT2D eigenvalue weighted by atomic mass is 9.80. The van der Waals surface area contributed by atoms with Gasteiger partial charge in [-0.05, 0) is 24.3 Å². The van der Waals surface area contributed by atoms with Crippen LogP contribution in [0.3, 0.4) is 0 Å².